The van der Waals surface area contributed by atoms with Crippen molar-refractivity contribution >= 4 is 21.4 Å². The first-order valence-electron chi connectivity index (χ1n) is 7.62. The van der Waals surface area contributed by atoms with Crippen LogP contribution in [0, 0.1) is 6.92 Å². The first-order chi connectivity index (χ1) is 11.3. The summed E-state index contributed by atoms with van der Waals surface area (Å²) in [7, 11) is -3.31. The van der Waals surface area contributed by atoms with Gasteiger partial charge >= 0.3 is 0 Å². The number of benzene rings is 2. The smallest absolute Gasteiger partial charge is 0.262 e. The molecule has 2 rings (SSSR count). The van der Waals surface area contributed by atoms with Crippen LogP contribution in [0.1, 0.15) is 19.4 Å². The van der Waals surface area contributed by atoms with E-state index >= 15 is 0 Å². The van der Waals surface area contributed by atoms with Crippen LogP contribution in [0.5, 0.6) is 5.75 Å². The Bertz CT molecular complexity index is 811. The molecule has 0 fully saturated rings. The molecular formula is C18H21NO4S. The molecular weight excluding hydrogens is 326 g/mol. The molecule has 128 valence electrons. The topological polar surface area (TPSA) is 72.5 Å². The second-order valence-corrected chi connectivity index (χ2v) is 8.28. The second-order valence-electron chi connectivity index (χ2n) is 5.77. The van der Waals surface area contributed by atoms with E-state index in [9.17, 15) is 13.2 Å². The first-order valence-corrected chi connectivity index (χ1v) is 9.17. The minimum Gasteiger partial charge on any atom is -0.484 e. The predicted molar refractivity (Wildman–Crippen MR) is 94.1 cm³/mol. The Hall–Kier alpha value is -2.34. The number of sulfone groups is 1. The van der Waals surface area contributed by atoms with Crippen LogP contribution in [0.15, 0.2) is 53.4 Å². The van der Waals surface area contributed by atoms with Crippen LogP contribution in [0.3, 0.4) is 0 Å². The molecule has 6 heteroatoms. The van der Waals surface area contributed by atoms with Crippen LogP contribution in [0.4, 0.5) is 5.69 Å². The van der Waals surface area contributed by atoms with E-state index in [0.29, 0.717) is 11.4 Å². The van der Waals surface area contributed by atoms with Gasteiger partial charge < -0.3 is 10.1 Å². The molecule has 2 aromatic carbocycles. The lowest BCUT2D eigenvalue weighted by Gasteiger charge is -2.10. The summed E-state index contributed by atoms with van der Waals surface area (Å²) in [4.78, 5) is 12.1. The summed E-state index contributed by atoms with van der Waals surface area (Å²) in [5.74, 6) is 0.319. The number of amides is 1. The Morgan fingerprint density at radius 1 is 1.12 bits per heavy atom. The molecule has 0 bridgehead atoms. The number of anilines is 1. The van der Waals surface area contributed by atoms with E-state index in [1.807, 2.05) is 25.1 Å². The molecule has 0 unspecified atom stereocenters. The molecule has 0 aliphatic heterocycles. The lowest BCUT2D eigenvalue weighted by molar-refractivity contribution is -0.118. The van der Waals surface area contributed by atoms with Crippen molar-refractivity contribution in [3.63, 3.8) is 0 Å². The highest BCUT2D eigenvalue weighted by molar-refractivity contribution is 7.92. The zero-order valence-electron chi connectivity index (χ0n) is 13.9. The lowest BCUT2D eigenvalue weighted by atomic mass is 10.2. The third-order valence-electron chi connectivity index (χ3n) is 3.45. The summed E-state index contributed by atoms with van der Waals surface area (Å²) in [6.07, 6.45) is 0. The molecule has 2 aromatic rings. The van der Waals surface area contributed by atoms with E-state index in [1.54, 1.807) is 32.0 Å². The SMILES string of the molecule is Cc1cccc(OCC(=O)Nc2ccc(S(=O)(=O)C(C)C)cc2)c1. The van der Waals surface area contributed by atoms with E-state index in [0.717, 1.165) is 5.56 Å². The molecule has 0 spiro atoms. The summed E-state index contributed by atoms with van der Waals surface area (Å²) in [5.41, 5.74) is 1.57. The monoisotopic (exact) mass is 347 g/mol. The molecule has 5 nitrogen and oxygen atoms in total. The van der Waals surface area contributed by atoms with Crippen molar-refractivity contribution in [1.29, 1.82) is 0 Å². The number of carbonyl (C=O) groups excluding carboxylic acids is 1. The number of hydrogen-bond acceptors (Lipinski definition) is 4. The number of rotatable bonds is 6. The summed E-state index contributed by atoms with van der Waals surface area (Å²) < 4.78 is 29.5. The van der Waals surface area contributed by atoms with Gasteiger partial charge in [0.1, 0.15) is 5.75 Å². The van der Waals surface area contributed by atoms with Crippen molar-refractivity contribution in [3.8, 4) is 5.75 Å². The zero-order valence-corrected chi connectivity index (χ0v) is 14.8. The van der Waals surface area contributed by atoms with Crippen LogP contribution in [-0.2, 0) is 14.6 Å². The Morgan fingerprint density at radius 2 is 1.79 bits per heavy atom. The van der Waals surface area contributed by atoms with Gasteiger partial charge in [0, 0.05) is 5.69 Å². The molecule has 0 aliphatic carbocycles. The summed E-state index contributed by atoms with van der Waals surface area (Å²) in [6.45, 7) is 5.09. The van der Waals surface area contributed by atoms with Gasteiger partial charge in [0.25, 0.3) is 5.91 Å². The summed E-state index contributed by atoms with van der Waals surface area (Å²) in [5, 5.41) is 2.19. The minimum atomic E-state index is -3.31. The molecule has 0 atom stereocenters. The van der Waals surface area contributed by atoms with Gasteiger partial charge in [0.15, 0.2) is 16.4 Å². The van der Waals surface area contributed by atoms with E-state index in [2.05, 4.69) is 5.32 Å². The van der Waals surface area contributed by atoms with Gasteiger partial charge in [0.2, 0.25) is 0 Å². The van der Waals surface area contributed by atoms with Crippen molar-refractivity contribution in [3.05, 3.63) is 54.1 Å². The van der Waals surface area contributed by atoms with Gasteiger partial charge in [-0.1, -0.05) is 12.1 Å². The Kier molecular flexibility index (Phi) is 5.62. The largest absolute Gasteiger partial charge is 0.484 e. The fourth-order valence-electron chi connectivity index (χ4n) is 2.05. The van der Waals surface area contributed by atoms with Crippen LogP contribution >= 0.6 is 0 Å². The number of carbonyl (C=O) groups is 1. The molecule has 0 heterocycles. The van der Waals surface area contributed by atoms with E-state index in [4.69, 9.17) is 4.74 Å². The Morgan fingerprint density at radius 3 is 2.38 bits per heavy atom. The van der Waals surface area contributed by atoms with Crippen molar-refractivity contribution < 1.29 is 17.9 Å². The maximum Gasteiger partial charge on any atom is 0.262 e. The van der Waals surface area contributed by atoms with Gasteiger partial charge in [-0.05, 0) is 62.7 Å². The molecule has 0 saturated heterocycles. The Balaban J connectivity index is 1.95. The number of nitrogens with one attached hydrogen (secondary N) is 1. The van der Waals surface area contributed by atoms with Crippen LogP contribution in [0.2, 0.25) is 0 Å². The van der Waals surface area contributed by atoms with Crippen molar-refractivity contribution in [2.24, 2.45) is 0 Å². The maximum absolute atomic E-state index is 12.0. The highest BCUT2D eigenvalue weighted by Crippen LogP contribution is 2.18. The van der Waals surface area contributed by atoms with Gasteiger partial charge in [-0.15, -0.1) is 0 Å². The van der Waals surface area contributed by atoms with Crippen molar-refractivity contribution in [2.45, 2.75) is 30.9 Å². The fraction of sp³-hybridized carbons (Fsp3) is 0.278. The number of hydrogen-bond donors (Lipinski definition) is 1. The van der Waals surface area contributed by atoms with Crippen LogP contribution < -0.4 is 10.1 Å². The van der Waals surface area contributed by atoms with E-state index in [1.165, 1.54) is 12.1 Å². The molecule has 0 radical (unpaired) electrons. The molecule has 24 heavy (non-hydrogen) atoms. The van der Waals surface area contributed by atoms with E-state index < -0.39 is 15.1 Å². The highest BCUT2D eigenvalue weighted by atomic mass is 32.2. The molecule has 0 aromatic heterocycles. The number of ether oxygens (including phenoxy) is 1. The third kappa shape index (κ3) is 4.58. The quantitative estimate of drug-likeness (QED) is 0.871. The Labute approximate surface area is 142 Å². The van der Waals surface area contributed by atoms with Crippen LogP contribution in [-0.4, -0.2) is 26.2 Å². The van der Waals surface area contributed by atoms with E-state index in [-0.39, 0.29) is 17.4 Å². The van der Waals surface area contributed by atoms with Gasteiger partial charge in [0.05, 0.1) is 10.1 Å². The average Bonchev–Trinajstić information content (AvgIpc) is 2.53. The normalized spacial score (nSPS) is 11.3. The highest BCUT2D eigenvalue weighted by Gasteiger charge is 2.18. The van der Waals surface area contributed by atoms with Gasteiger partial charge in [-0.25, -0.2) is 8.42 Å². The fourth-order valence-corrected chi connectivity index (χ4v) is 3.11. The summed E-state index contributed by atoms with van der Waals surface area (Å²) >= 11 is 0. The zero-order chi connectivity index (χ0) is 17.7. The third-order valence-corrected chi connectivity index (χ3v) is 5.62. The maximum atomic E-state index is 12.0. The van der Waals surface area contributed by atoms with Gasteiger partial charge in [-0.3, -0.25) is 4.79 Å². The molecule has 0 aliphatic rings. The lowest BCUT2D eigenvalue weighted by Crippen LogP contribution is -2.20. The molecule has 0 saturated carbocycles. The molecule has 1 amide bonds. The van der Waals surface area contributed by atoms with Crippen LogP contribution in [0.25, 0.3) is 0 Å². The predicted octanol–water partition coefficient (Wildman–Crippen LogP) is 3.19. The second kappa shape index (κ2) is 7.49. The van der Waals surface area contributed by atoms with Crippen molar-refractivity contribution in [1.82, 2.24) is 0 Å². The van der Waals surface area contributed by atoms with Gasteiger partial charge in [-0.2, -0.15) is 0 Å². The first kappa shape index (κ1) is 18.0. The molecule has 1 N–H and O–H groups in total. The summed E-state index contributed by atoms with van der Waals surface area (Å²) in [6, 6.07) is 13.6. The number of aryl methyl sites for hydroxylation is 1. The standard InChI is InChI=1S/C18H21NO4S/c1-13(2)24(21,22)17-9-7-15(8-10-17)19-18(20)12-23-16-6-4-5-14(3)11-16/h4-11,13H,12H2,1-3H3,(H,19,20). The minimum absolute atomic E-state index is 0.116. The average molecular weight is 347 g/mol. The van der Waals surface area contributed by atoms with Crippen molar-refractivity contribution in [2.75, 3.05) is 11.9 Å².